The molecule has 3 atom stereocenters. The van der Waals surface area contributed by atoms with Crippen molar-refractivity contribution in [3.8, 4) is 0 Å². The first kappa shape index (κ1) is 81.4. The molecule has 0 aliphatic rings. The minimum absolute atomic E-state index is 0.0271. The minimum atomic E-state index is -4.47. The number of hydrogen-bond acceptors (Lipinski definition) is 6. The lowest BCUT2D eigenvalue weighted by atomic mass is 10.0. The van der Waals surface area contributed by atoms with Crippen LogP contribution >= 0.6 is 7.82 Å². The molecule has 10 heteroatoms. The Morgan fingerprint density at radius 2 is 0.753 bits per heavy atom. The van der Waals surface area contributed by atoms with Gasteiger partial charge in [0.25, 0.3) is 0 Å². The summed E-state index contributed by atoms with van der Waals surface area (Å²) in [7, 11) is 1.46. The zero-order valence-electron chi connectivity index (χ0n) is 55.8. The third-order valence-corrected chi connectivity index (χ3v) is 15.9. The molecule has 0 aliphatic heterocycles. The Morgan fingerprint density at radius 1 is 0.424 bits per heavy atom. The highest BCUT2D eigenvalue weighted by atomic mass is 31.2. The third kappa shape index (κ3) is 64.7. The van der Waals surface area contributed by atoms with Crippen LogP contribution in [0.3, 0.4) is 0 Å². The van der Waals surface area contributed by atoms with Gasteiger partial charge in [0.2, 0.25) is 5.91 Å². The fourth-order valence-corrected chi connectivity index (χ4v) is 10.3. The molecule has 0 bridgehead atoms. The van der Waals surface area contributed by atoms with Crippen molar-refractivity contribution in [1.29, 1.82) is 0 Å². The monoisotopic (exact) mass is 1200 g/mol. The zero-order valence-corrected chi connectivity index (χ0v) is 56.7. The van der Waals surface area contributed by atoms with Gasteiger partial charge in [0, 0.05) is 12.8 Å². The zero-order chi connectivity index (χ0) is 62.1. The van der Waals surface area contributed by atoms with Crippen LogP contribution < -0.4 is 5.32 Å². The van der Waals surface area contributed by atoms with Gasteiger partial charge < -0.3 is 19.4 Å². The maximum absolute atomic E-state index is 13.6. The molecule has 0 aliphatic carbocycles. The number of quaternary nitrogens is 1. The number of esters is 1. The molecule has 488 valence electrons. The number of allylic oxidation sites excluding steroid dienone is 19. The largest absolute Gasteiger partial charge is 0.472 e. The van der Waals surface area contributed by atoms with Gasteiger partial charge in [-0.2, -0.15) is 0 Å². The maximum Gasteiger partial charge on any atom is 0.472 e. The second kappa shape index (κ2) is 63.4. The quantitative estimate of drug-likeness (QED) is 0.0205. The Labute approximate surface area is 524 Å². The van der Waals surface area contributed by atoms with Gasteiger partial charge in [0.05, 0.1) is 33.8 Å². The first-order chi connectivity index (χ1) is 41.4. The number of unbranched alkanes of at least 4 members (excludes halogenated alkanes) is 28. The Bertz CT molecular complexity index is 1870. The summed E-state index contributed by atoms with van der Waals surface area (Å²) >= 11 is 0. The predicted octanol–water partition coefficient (Wildman–Crippen LogP) is 22.2. The molecule has 0 spiro atoms. The Kier molecular flexibility index (Phi) is 60.8. The van der Waals surface area contributed by atoms with Crippen molar-refractivity contribution in [3.05, 3.63) is 122 Å². The van der Waals surface area contributed by atoms with E-state index in [0.29, 0.717) is 23.9 Å². The standard InChI is InChI=1S/C75H131N2O7P/c1-7-10-13-16-19-22-25-28-30-32-34-36-37-38-39-41-42-44-46-49-52-55-58-61-64-67-74(78)76-72(71-83-85(80,81)82-70-69-77(4,5)6)73(66-63-60-57-54-51-48-27-24-21-18-15-12-9-3)84-75(79)68-65-62-59-56-53-50-47-45-43-40-35-33-31-29-26-23-20-17-14-11-8-2/h11,14,19-20,22-23,28-31,34-36,40,45,47,53,56,63,66,72-73H,7-10,12-13,15-18,21,24-27,32-33,37-39,41-44,46,48-52,54-55,57-62,64-65,67-71H2,1-6H3,(H-,76,78,80,81)/p+1/b14-11-,22-19-,23-20-,30-28-,31-29-,36-34-,40-35-,47-45-,56-53-,66-63-. The maximum atomic E-state index is 13.6. The minimum Gasteiger partial charge on any atom is -0.456 e. The number of phosphoric ester groups is 1. The number of likely N-dealkylation sites (N-methyl/N-ethyl adjacent to an activating group) is 1. The van der Waals surface area contributed by atoms with Gasteiger partial charge in [0.15, 0.2) is 0 Å². The summed E-state index contributed by atoms with van der Waals surface area (Å²) in [4.78, 5) is 37.9. The molecule has 1 amide bonds. The van der Waals surface area contributed by atoms with Crippen LogP contribution in [0.15, 0.2) is 122 Å². The molecule has 0 aromatic heterocycles. The number of hydrogen-bond donors (Lipinski definition) is 2. The molecule has 0 rings (SSSR count). The van der Waals surface area contributed by atoms with E-state index in [9.17, 15) is 19.0 Å². The van der Waals surface area contributed by atoms with Crippen molar-refractivity contribution in [2.45, 2.75) is 303 Å². The van der Waals surface area contributed by atoms with Crippen LogP contribution in [-0.4, -0.2) is 74.3 Å². The van der Waals surface area contributed by atoms with E-state index in [0.717, 1.165) is 103 Å². The molecule has 85 heavy (non-hydrogen) atoms. The van der Waals surface area contributed by atoms with Gasteiger partial charge >= 0.3 is 13.8 Å². The van der Waals surface area contributed by atoms with Crippen molar-refractivity contribution in [1.82, 2.24) is 5.32 Å². The van der Waals surface area contributed by atoms with E-state index < -0.39 is 20.0 Å². The van der Waals surface area contributed by atoms with E-state index >= 15 is 0 Å². The van der Waals surface area contributed by atoms with Crippen molar-refractivity contribution >= 4 is 19.7 Å². The second-order valence-electron chi connectivity index (χ2n) is 24.3. The van der Waals surface area contributed by atoms with Crippen LogP contribution in [0, 0.1) is 0 Å². The lowest BCUT2D eigenvalue weighted by molar-refractivity contribution is -0.870. The molecule has 2 N–H and O–H groups in total. The molecule has 0 saturated carbocycles. The fraction of sp³-hybridized carbons (Fsp3) is 0.707. The van der Waals surface area contributed by atoms with Crippen molar-refractivity contribution in [2.75, 3.05) is 40.9 Å². The smallest absolute Gasteiger partial charge is 0.456 e. The summed E-state index contributed by atoms with van der Waals surface area (Å²) in [5.74, 6) is -0.559. The average Bonchev–Trinajstić information content (AvgIpc) is 3.48. The van der Waals surface area contributed by atoms with E-state index in [-0.39, 0.29) is 31.5 Å². The van der Waals surface area contributed by atoms with Crippen LogP contribution in [0.5, 0.6) is 0 Å². The summed E-state index contributed by atoms with van der Waals surface area (Å²) in [6.07, 6.45) is 89.2. The molecule has 9 nitrogen and oxygen atoms in total. The van der Waals surface area contributed by atoms with Crippen molar-refractivity contribution < 1.29 is 37.3 Å². The molecule has 0 aromatic rings. The van der Waals surface area contributed by atoms with E-state index in [1.165, 1.54) is 148 Å². The SMILES string of the molecule is CC/C=C\C/C=C\C/C=C\C/C=C\C/C=C\C/C=C\CCCCC(=O)OC(/C=C\CCCCCCCCCCCCC)C(COP(=O)(O)OCC[N+](C)(C)C)NC(=O)CCCCCCCCCCCCCC/C=C\C/C=C\C/C=C\CCCCC. The molecule has 0 fully saturated rings. The Balaban J connectivity index is 5.21. The molecule has 0 saturated heterocycles. The van der Waals surface area contributed by atoms with Gasteiger partial charge in [-0.25, -0.2) is 4.57 Å². The summed E-state index contributed by atoms with van der Waals surface area (Å²) < 4.78 is 30.8. The second-order valence-corrected chi connectivity index (χ2v) is 25.8. The topological polar surface area (TPSA) is 111 Å². The van der Waals surface area contributed by atoms with Crippen molar-refractivity contribution in [2.24, 2.45) is 0 Å². The highest BCUT2D eigenvalue weighted by Gasteiger charge is 2.30. The molecular formula is C75H132N2O7P+. The van der Waals surface area contributed by atoms with Crippen LogP contribution in [0.4, 0.5) is 0 Å². The van der Waals surface area contributed by atoms with Crippen molar-refractivity contribution in [3.63, 3.8) is 0 Å². The first-order valence-electron chi connectivity index (χ1n) is 34.9. The fourth-order valence-electron chi connectivity index (χ4n) is 9.54. The van der Waals surface area contributed by atoms with Gasteiger partial charge in [-0.1, -0.05) is 277 Å². The normalized spacial score (nSPS) is 14.3. The molecule has 3 unspecified atom stereocenters. The van der Waals surface area contributed by atoms with E-state index in [1.807, 2.05) is 33.3 Å². The lowest BCUT2D eigenvalue weighted by Gasteiger charge is -2.27. The highest BCUT2D eigenvalue weighted by Crippen LogP contribution is 2.43. The van der Waals surface area contributed by atoms with Gasteiger partial charge in [-0.05, 0) is 122 Å². The van der Waals surface area contributed by atoms with Gasteiger partial charge in [-0.15, -0.1) is 0 Å². The van der Waals surface area contributed by atoms with Crippen LogP contribution in [0.2, 0.25) is 0 Å². The molecule has 0 aromatic carbocycles. The number of carbonyl (C=O) groups is 2. The van der Waals surface area contributed by atoms with E-state index in [2.05, 4.69) is 135 Å². The molecule has 0 heterocycles. The van der Waals surface area contributed by atoms with Gasteiger partial charge in [0.1, 0.15) is 19.3 Å². The van der Waals surface area contributed by atoms with Crippen LogP contribution in [-0.2, 0) is 27.9 Å². The number of nitrogens with one attached hydrogen (secondary N) is 1. The first-order valence-corrected chi connectivity index (χ1v) is 36.4. The number of phosphoric acid groups is 1. The van der Waals surface area contributed by atoms with E-state index in [4.69, 9.17) is 13.8 Å². The highest BCUT2D eigenvalue weighted by molar-refractivity contribution is 7.47. The number of ether oxygens (including phenoxy) is 1. The van der Waals surface area contributed by atoms with Gasteiger partial charge in [-0.3, -0.25) is 18.6 Å². The number of amides is 1. The predicted molar refractivity (Wildman–Crippen MR) is 369 cm³/mol. The van der Waals surface area contributed by atoms with E-state index in [1.54, 1.807) is 0 Å². The van der Waals surface area contributed by atoms with Crippen LogP contribution in [0.25, 0.3) is 0 Å². The number of rotatable bonds is 62. The Hall–Kier alpha value is -3.59. The van der Waals surface area contributed by atoms with Crippen LogP contribution in [0.1, 0.15) is 290 Å². The Morgan fingerprint density at radius 3 is 1.16 bits per heavy atom. The number of carbonyl (C=O) groups excluding carboxylic acids is 2. The molecule has 0 radical (unpaired) electrons. The molecular weight excluding hydrogens is 1070 g/mol. The third-order valence-electron chi connectivity index (χ3n) is 14.9. The summed E-state index contributed by atoms with van der Waals surface area (Å²) in [6.45, 7) is 6.85. The average molecular weight is 1200 g/mol. The summed E-state index contributed by atoms with van der Waals surface area (Å²) in [6, 6.07) is -0.877. The lowest BCUT2D eigenvalue weighted by Crippen LogP contribution is -2.47. The summed E-state index contributed by atoms with van der Waals surface area (Å²) in [5, 5.41) is 3.06. The summed E-state index contributed by atoms with van der Waals surface area (Å²) in [5.41, 5.74) is 0. The number of nitrogens with zero attached hydrogens (tertiary/aromatic N) is 1.